The normalized spacial score (nSPS) is 51.0. The molecule has 3 aliphatic heterocycles. The van der Waals surface area contributed by atoms with E-state index in [4.69, 9.17) is 28.8 Å². The van der Waals surface area contributed by atoms with Gasteiger partial charge in [0.25, 0.3) is 0 Å². The molecule has 0 aromatic rings. The summed E-state index contributed by atoms with van der Waals surface area (Å²) in [6, 6.07) is 0. The minimum absolute atomic E-state index is 0.381. The summed E-state index contributed by atoms with van der Waals surface area (Å²) in [4.78, 5) is 11.2. The molecule has 0 aromatic heterocycles. The van der Waals surface area contributed by atoms with E-state index >= 15 is 0 Å². The van der Waals surface area contributed by atoms with Crippen molar-refractivity contribution in [2.75, 3.05) is 13.2 Å². The third-order valence-electron chi connectivity index (χ3n) is 5.31. The molecule has 9 N–H and O–H groups in total. The Morgan fingerprint density at radius 3 is 2.03 bits per heavy atom. The van der Waals surface area contributed by atoms with Crippen molar-refractivity contribution in [1.29, 1.82) is 0 Å². The predicted molar refractivity (Wildman–Crippen MR) is 89.8 cm³/mol. The quantitative estimate of drug-likeness (QED) is 0.180. The number of hydrogen-bond donors (Lipinski definition) is 9. The van der Waals surface area contributed by atoms with Crippen LogP contribution in [0.1, 0.15) is 0 Å². The molecule has 3 aliphatic rings. The van der Waals surface area contributed by atoms with E-state index in [2.05, 4.69) is 0 Å². The van der Waals surface area contributed by atoms with Gasteiger partial charge in [-0.2, -0.15) is 0 Å². The van der Waals surface area contributed by atoms with Crippen LogP contribution in [0.4, 0.5) is 0 Å². The van der Waals surface area contributed by atoms with E-state index in [0.717, 1.165) is 0 Å². The highest BCUT2D eigenvalue weighted by Gasteiger charge is 2.53. The Morgan fingerprint density at radius 2 is 1.42 bits per heavy atom. The van der Waals surface area contributed by atoms with E-state index in [9.17, 15) is 45.6 Å². The zero-order valence-corrected chi connectivity index (χ0v) is 15.9. The number of hydrogen-bond acceptors (Lipinski definition) is 14. The van der Waals surface area contributed by atoms with Crippen LogP contribution >= 0.6 is 0 Å². The number of ether oxygens (including phenoxy) is 5. The molecule has 13 atom stereocenters. The van der Waals surface area contributed by atoms with Crippen LogP contribution in [0.15, 0.2) is 0 Å². The lowest BCUT2D eigenvalue weighted by Gasteiger charge is -2.40. The van der Waals surface area contributed by atoms with Gasteiger partial charge < -0.3 is 69.6 Å². The molecule has 3 saturated heterocycles. The smallest absolute Gasteiger partial charge is 0.335 e. The van der Waals surface area contributed by atoms with Crippen LogP contribution in [-0.4, -0.2) is 145 Å². The van der Waals surface area contributed by atoms with Gasteiger partial charge in [0.2, 0.25) is 0 Å². The van der Waals surface area contributed by atoms with Gasteiger partial charge in [0.1, 0.15) is 54.9 Å². The molecule has 0 aromatic carbocycles. The second-order valence-corrected chi connectivity index (χ2v) is 7.43. The van der Waals surface area contributed by atoms with Crippen molar-refractivity contribution < 1.29 is 74.4 Å². The Labute approximate surface area is 174 Å². The highest BCUT2D eigenvalue weighted by Crippen LogP contribution is 2.32. The first-order chi connectivity index (χ1) is 14.6. The zero-order valence-electron chi connectivity index (χ0n) is 15.9. The number of rotatable bonds is 6. The second kappa shape index (κ2) is 9.84. The molecule has 3 rings (SSSR count). The van der Waals surface area contributed by atoms with Crippen molar-refractivity contribution in [1.82, 2.24) is 0 Å². The zero-order chi connectivity index (χ0) is 23.0. The summed E-state index contributed by atoms with van der Waals surface area (Å²) < 4.78 is 25.7. The lowest BCUT2D eigenvalue weighted by atomic mass is 9.98. The fourth-order valence-electron chi connectivity index (χ4n) is 3.56. The Morgan fingerprint density at radius 1 is 0.806 bits per heavy atom. The Bertz CT molecular complexity index is 620. The van der Waals surface area contributed by atoms with Crippen LogP contribution in [0.3, 0.4) is 0 Å². The van der Waals surface area contributed by atoms with E-state index in [1.807, 2.05) is 0 Å². The van der Waals surface area contributed by atoms with Gasteiger partial charge >= 0.3 is 5.97 Å². The molecule has 0 unspecified atom stereocenters. The third-order valence-corrected chi connectivity index (χ3v) is 5.31. The Balaban J connectivity index is 1.70. The highest BCUT2D eigenvalue weighted by atomic mass is 16.8. The van der Waals surface area contributed by atoms with Crippen LogP contribution in [0.5, 0.6) is 0 Å². The van der Waals surface area contributed by atoms with Gasteiger partial charge in [-0.1, -0.05) is 0 Å². The van der Waals surface area contributed by atoms with Gasteiger partial charge in [0.15, 0.2) is 25.0 Å². The van der Waals surface area contributed by atoms with Crippen molar-refractivity contribution in [3.8, 4) is 0 Å². The number of aliphatic hydroxyl groups is 8. The van der Waals surface area contributed by atoms with Gasteiger partial charge in [-0.05, 0) is 0 Å². The minimum Gasteiger partial charge on any atom is -0.479 e. The lowest BCUT2D eigenvalue weighted by molar-refractivity contribution is -0.312. The van der Waals surface area contributed by atoms with E-state index in [1.54, 1.807) is 0 Å². The molecular weight excluding hydrogens is 432 g/mol. The summed E-state index contributed by atoms with van der Waals surface area (Å²) in [6.45, 7) is -1.12. The van der Waals surface area contributed by atoms with E-state index in [0.29, 0.717) is 0 Å². The van der Waals surface area contributed by atoms with E-state index < -0.39 is 92.5 Å². The van der Waals surface area contributed by atoms with Crippen molar-refractivity contribution in [2.24, 2.45) is 0 Å². The molecule has 0 radical (unpaired) electrons. The van der Waals surface area contributed by atoms with E-state index in [1.165, 1.54) is 0 Å². The Hall–Kier alpha value is -1.05. The topological polar surface area (TPSA) is 245 Å². The SMILES string of the molecule is O=C(O)[C@H]1O[C@H](O[C@@H]2[C@@H](O)[C@H](O[C@@H]3[C@@H](O)[C@@H](O)OC[C@H]3O)O[C@H]2CO)[C@H](O)[C@@H](O)[C@@H]1O. The summed E-state index contributed by atoms with van der Waals surface area (Å²) >= 11 is 0. The van der Waals surface area contributed by atoms with E-state index in [-0.39, 0.29) is 6.61 Å². The van der Waals surface area contributed by atoms with Gasteiger partial charge in [-0.3, -0.25) is 0 Å². The van der Waals surface area contributed by atoms with Crippen LogP contribution in [0, 0.1) is 0 Å². The lowest BCUT2D eigenvalue weighted by Crippen LogP contribution is -2.61. The summed E-state index contributed by atoms with van der Waals surface area (Å²) in [6.07, 6.45) is -21.9. The van der Waals surface area contributed by atoms with Crippen LogP contribution in [0.2, 0.25) is 0 Å². The average Bonchev–Trinajstić information content (AvgIpc) is 3.02. The first kappa shape index (κ1) is 24.6. The molecule has 0 saturated carbocycles. The summed E-state index contributed by atoms with van der Waals surface area (Å²) in [5.41, 5.74) is 0. The van der Waals surface area contributed by atoms with Gasteiger partial charge in [0.05, 0.1) is 13.2 Å². The average molecular weight is 458 g/mol. The molecule has 15 nitrogen and oxygen atoms in total. The standard InChI is InChI=1S/C16H26O15/c17-1-4-11(30-15-7(21)5(19)6(20)12(31-15)13(24)25)9(23)16(28-4)29-10-3(18)2-27-14(26)8(10)22/h3-12,14-23,26H,1-2H2,(H,24,25)/t3-,4+,5+,6+,7-,8-,9-,10+,11+,12+,14+,15+,16+/m1/s1. The molecule has 15 heteroatoms. The maximum absolute atomic E-state index is 11.2. The Kier molecular flexibility index (Phi) is 7.80. The van der Waals surface area contributed by atoms with Crippen LogP contribution in [-0.2, 0) is 28.5 Å². The maximum atomic E-state index is 11.2. The first-order valence-corrected chi connectivity index (χ1v) is 9.40. The number of carboxylic acid groups (broad SMARTS) is 1. The molecular formula is C16H26O15. The molecule has 31 heavy (non-hydrogen) atoms. The first-order valence-electron chi connectivity index (χ1n) is 9.40. The predicted octanol–water partition coefficient (Wildman–Crippen LogP) is -6.20. The van der Waals surface area contributed by atoms with Crippen molar-refractivity contribution in [3.63, 3.8) is 0 Å². The number of carboxylic acids is 1. The number of aliphatic hydroxyl groups excluding tert-OH is 8. The number of aliphatic carboxylic acids is 1. The fourth-order valence-corrected chi connectivity index (χ4v) is 3.56. The van der Waals surface area contributed by atoms with Gasteiger partial charge in [0, 0.05) is 0 Å². The maximum Gasteiger partial charge on any atom is 0.335 e. The summed E-state index contributed by atoms with van der Waals surface area (Å²) in [5, 5.41) is 88.2. The van der Waals surface area contributed by atoms with Crippen molar-refractivity contribution in [3.05, 3.63) is 0 Å². The molecule has 0 aliphatic carbocycles. The molecule has 180 valence electrons. The summed E-state index contributed by atoms with van der Waals surface area (Å²) in [5.74, 6) is -1.64. The molecule has 0 amide bonds. The summed E-state index contributed by atoms with van der Waals surface area (Å²) in [7, 11) is 0. The monoisotopic (exact) mass is 458 g/mol. The largest absolute Gasteiger partial charge is 0.479 e. The molecule has 3 heterocycles. The van der Waals surface area contributed by atoms with Crippen molar-refractivity contribution >= 4 is 5.97 Å². The van der Waals surface area contributed by atoms with Gasteiger partial charge in [-0.15, -0.1) is 0 Å². The fraction of sp³-hybridized carbons (Fsp3) is 0.938. The van der Waals surface area contributed by atoms with Gasteiger partial charge in [-0.25, -0.2) is 4.79 Å². The third kappa shape index (κ3) is 4.83. The highest BCUT2D eigenvalue weighted by molar-refractivity contribution is 5.73. The van der Waals surface area contributed by atoms with Crippen molar-refractivity contribution in [2.45, 2.75) is 79.9 Å². The van der Waals surface area contributed by atoms with Crippen LogP contribution in [0.25, 0.3) is 0 Å². The minimum atomic E-state index is -1.95. The molecule has 3 fully saturated rings. The van der Waals surface area contributed by atoms with Crippen LogP contribution < -0.4 is 0 Å². The second-order valence-electron chi connectivity index (χ2n) is 7.43. The molecule has 0 spiro atoms. The molecule has 0 bridgehead atoms. The number of carbonyl (C=O) groups is 1.